The second-order valence-corrected chi connectivity index (χ2v) is 2.07. The van der Waals surface area contributed by atoms with Crippen LogP contribution in [0.1, 0.15) is 0 Å². The second-order valence-electron chi connectivity index (χ2n) is 1.19. The highest BCUT2D eigenvalue weighted by Crippen LogP contribution is 1.89. The van der Waals surface area contributed by atoms with Crippen LogP contribution in [0, 0.1) is 0 Å². The molecule has 0 aromatic carbocycles. The van der Waals surface area contributed by atoms with Gasteiger partial charge in [-0.15, -0.1) is 0 Å². The number of aliphatic hydroxyl groups is 1. The molecule has 0 rings (SSSR count). The van der Waals surface area contributed by atoms with Crippen LogP contribution >= 0.6 is 28.1 Å². The van der Waals surface area contributed by atoms with Crippen molar-refractivity contribution < 1.29 is 9.90 Å². The molecule has 1 atom stereocenters. The van der Waals surface area contributed by atoms with Crippen LogP contribution in [0.2, 0.25) is 0 Å². The molecular formula is C4H5BrO2S. The average molecular weight is 197 g/mol. The minimum atomic E-state index is -0.965. The van der Waals surface area contributed by atoms with Gasteiger partial charge in [-0.25, -0.2) is 0 Å². The molecule has 0 aromatic heterocycles. The molecule has 1 N–H and O–H groups in total. The summed E-state index contributed by atoms with van der Waals surface area (Å²) in [5.41, 5.74) is 0. The third-order valence-electron chi connectivity index (χ3n) is 0.591. The number of alkyl halides is 1. The number of halogens is 1. The smallest absolute Gasteiger partial charge is 0.195 e. The molecule has 0 spiro atoms. The van der Waals surface area contributed by atoms with E-state index in [1.54, 1.807) is 0 Å². The number of ketones is 1. The molecule has 0 saturated carbocycles. The molecule has 0 fully saturated rings. The molecule has 0 aromatic rings. The number of carbonyl (C=O) groups excluding carboxylic acids is 1. The second kappa shape index (κ2) is 4.12. The SMILES string of the molecule is O=C(C=S)C(O)CBr. The van der Waals surface area contributed by atoms with E-state index in [1.165, 1.54) is 0 Å². The summed E-state index contributed by atoms with van der Waals surface area (Å²) < 4.78 is 0. The summed E-state index contributed by atoms with van der Waals surface area (Å²) in [4.78, 5) is 10.3. The minimum Gasteiger partial charge on any atom is -0.384 e. The average Bonchev–Trinajstić information content (AvgIpc) is 1.84. The molecule has 8 heavy (non-hydrogen) atoms. The fourth-order valence-electron chi connectivity index (χ4n) is 0.155. The summed E-state index contributed by atoms with van der Waals surface area (Å²) in [5.74, 6) is -0.420. The molecule has 0 aliphatic rings. The molecule has 0 aliphatic carbocycles. The Kier molecular flexibility index (Phi) is 4.22. The van der Waals surface area contributed by atoms with Gasteiger partial charge < -0.3 is 5.11 Å². The van der Waals surface area contributed by atoms with Crippen LogP contribution in [0.3, 0.4) is 0 Å². The van der Waals surface area contributed by atoms with Crippen molar-refractivity contribution >= 4 is 39.3 Å². The van der Waals surface area contributed by atoms with E-state index >= 15 is 0 Å². The Morgan fingerprint density at radius 3 is 2.62 bits per heavy atom. The first-order valence-electron chi connectivity index (χ1n) is 1.95. The summed E-state index contributed by atoms with van der Waals surface area (Å²) in [5, 5.41) is 9.82. The third-order valence-corrected chi connectivity index (χ3v) is 1.44. The van der Waals surface area contributed by atoms with Gasteiger partial charge in [-0.1, -0.05) is 28.1 Å². The van der Waals surface area contributed by atoms with E-state index in [-0.39, 0.29) is 5.33 Å². The largest absolute Gasteiger partial charge is 0.384 e. The Balaban J connectivity index is 3.62. The lowest BCUT2D eigenvalue weighted by Crippen LogP contribution is -2.21. The van der Waals surface area contributed by atoms with Crippen LogP contribution < -0.4 is 0 Å². The predicted octanol–water partition coefficient (Wildman–Crippen LogP) is 0.311. The van der Waals surface area contributed by atoms with Gasteiger partial charge in [-0.2, -0.15) is 0 Å². The van der Waals surface area contributed by atoms with Crippen molar-refractivity contribution in [3.8, 4) is 0 Å². The number of Topliss-reactive ketones (excluding diaryl/α,β-unsaturated/α-hetero) is 1. The molecule has 46 valence electrons. The van der Waals surface area contributed by atoms with Crippen LogP contribution in [0.5, 0.6) is 0 Å². The molecule has 0 radical (unpaired) electrons. The zero-order chi connectivity index (χ0) is 6.57. The Morgan fingerprint density at radius 1 is 2.00 bits per heavy atom. The third kappa shape index (κ3) is 2.49. The fraction of sp³-hybridized carbons (Fsp3) is 0.500. The lowest BCUT2D eigenvalue weighted by atomic mass is 10.3. The van der Waals surface area contributed by atoms with Crippen molar-refractivity contribution in [2.24, 2.45) is 0 Å². The van der Waals surface area contributed by atoms with E-state index in [4.69, 9.17) is 5.11 Å². The highest BCUT2D eigenvalue weighted by atomic mass is 79.9. The number of aliphatic hydroxyl groups excluding tert-OH is 1. The first-order valence-corrected chi connectivity index (χ1v) is 3.54. The highest BCUT2D eigenvalue weighted by Gasteiger charge is 2.08. The molecule has 0 saturated heterocycles. The van der Waals surface area contributed by atoms with Crippen molar-refractivity contribution in [2.45, 2.75) is 6.10 Å². The maximum absolute atomic E-state index is 10.3. The van der Waals surface area contributed by atoms with E-state index in [0.717, 1.165) is 5.37 Å². The van der Waals surface area contributed by atoms with Crippen molar-refractivity contribution in [1.29, 1.82) is 0 Å². The number of hydrogen-bond acceptors (Lipinski definition) is 3. The number of rotatable bonds is 3. The zero-order valence-electron chi connectivity index (χ0n) is 4.00. The maximum atomic E-state index is 10.3. The number of hydrogen-bond donors (Lipinski definition) is 1. The highest BCUT2D eigenvalue weighted by molar-refractivity contribution is 9.09. The molecule has 0 heterocycles. The van der Waals surface area contributed by atoms with Gasteiger partial charge in [-0.3, -0.25) is 4.79 Å². The van der Waals surface area contributed by atoms with E-state index in [9.17, 15) is 4.79 Å². The van der Waals surface area contributed by atoms with Gasteiger partial charge in [0.25, 0.3) is 0 Å². The zero-order valence-corrected chi connectivity index (χ0v) is 6.41. The lowest BCUT2D eigenvalue weighted by Gasteiger charge is -1.96. The minimum absolute atomic E-state index is 0.249. The lowest BCUT2D eigenvalue weighted by molar-refractivity contribution is -0.118. The Labute approximate surface area is 61.0 Å². The van der Waals surface area contributed by atoms with E-state index in [0.29, 0.717) is 0 Å². The summed E-state index contributed by atoms with van der Waals surface area (Å²) >= 11 is 7.18. The number of carbonyl (C=O) groups is 1. The molecule has 0 amide bonds. The predicted molar refractivity (Wildman–Crippen MR) is 38.5 cm³/mol. The van der Waals surface area contributed by atoms with Gasteiger partial charge >= 0.3 is 0 Å². The molecule has 0 aliphatic heterocycles. The van der Waals surface area contributed by atoms with E-state index < -0.39 is 11.9 Å². The summed E-state index contributed by atoms with van der Waals surface area (Å²) in [6.45, 7) is 0. The van der Waals surface area contributed by atoms with Crippen LogP contribution in [0.4, 0.5) is 0 Å². The quantitative estimate of drug-likeness (QED) is 0.522. The Bertz CT molecular complexity index is 104. The van der Waals surface area contributed by atoms with Crippen LogP contribution in [0.25, 0.3) is 0 Å². The van der Waals surface area contributed by atoms with Crippen molar-refractivity contribution in [2.75, 3.05) is 5.33 Å². The van der Waals surface area contributed by atoms with Crippen molar-refractivity contribution in [3.05, 3.63) is 0 Å². The molecular weight excluding hydrogens is 192 g/mol. The molecule has 0 bridgehead atoms. The van der Waals surface area contributed by atoms with E-state index in [1.807, 2.05) is 0 Å². The van der Waals surface area contributed by atoms with Crippen LogP contribution in [0.15, 0.2) is 0 Å². The van der Waals surface area contributed by atoms with Gasteiger partial charge in [0, 0.05) is 10.7 Å². The van der Waals surface area contributed by atoms with Crippen LogP contribution in [-0.4, -0.2) is 27.7 Å². The standard InChI is InChI=1S/C4H5BrO2S/c5-1-3(6)4(7)2-8/h2-3,6H,1H2. The summed E-state index contributed by atoms with van der Waals surface area (Å²) in [6, 6.07) is 0. The van der Waals surface area contributed by atoms with Crippen molar-refractivity contribution in [3.63, 3.8) is 0 Å². The number of thiocarbonyl (C=S) groups is 1. The first kappa shape index (κ1) is 8.20. The first-order chi connectivity index (χ1) is 3.72. The van der Waals surface area contributed by atoms with Crippen molar-refractivity contribution in [1.82, 2.24) is 0 Å². The monoisotopic (exact) mass is 196 g/mol. The maximum Gasteiger partial charge on any atom is 0.195 e. The fourth-order valence-corrected chi connectivity index (χ4v) is 0.631. The Hall–Kier alpha value is 0.200. The normalized spacial score (nSPS) is 12.8. The van der Waals surface area contributed by atoms with Gasteiger partial charge in [0.1, 0.15) is 6.10 Å². The van der Waals surface area contributed by atoms with E-state index in [2.05, 4.69) is 28.1 Å². The van der Waals surface area contributed by atoms with Gasteiger partial charge in [0.05, 0.1) is 0 Å². The van der Waals surface area contributed by atoms with Gasteiger partial charge in [0.2, 0.25) is 0 Å². The topological polar surface area (TPSA) is 37.3 Å². The molecule has 1 unspecified atom stereocenters. The molecule has 2 nitrogen and oxygen atoms in total. The summed E-state index contributed by atoms with van der Waals surface area (Å²) in [7, 11) is 0. The summed E-state index contributed by atoms with van der Waals surface area (Å²) in [6.07, 6.45) is -0.965. The van der Waals surface area contributed by atoms with Gasteiger partial charge in [-0.05, 0) is 0 Å². The van der Waals surface area contributed by atoms with Gasteiger partial charge in [0.15, 0.2) is 5.78 Å². The Morgan fingerprint density at radius 2 is 2.50 bits per heavy atom. The molecule has 4 heteroatoms. The van der Waals surface area contributed by atoms with Crippen LogP contribution in [-0.2, 0) is 4.79 Å².